The molecule has 0 aromatic carbocycles. The lowest BCUT2D eigenvalue weighted by Crippen LogP contribution is -2.34. The maximum Gasteiger partial charge on any atom is 0.115 e. The average Bonchev–Trinajstić information content (AvgIpc) is 2.30. The van der Waals surface area contributed by atoms with Crippen LogP contribution in [0, 0.1) is 0 Å². The topological polar surface area (TPSA) is 55.0 Å². The van der Waals surface area contributed by atoms with Gasteiger partial charge in [0.2, 0.25) is 0 Å². The zero-order valence-corrected chi connectivity index (χ0v) is 9.56. The first-order chi connectivity index (χ1) is 7.33. The first kappa shape index (κ1) is 12.1. The lowest BCUT2D eigenvalue weighted by Gasteiger charge is -2.28. The van der Waals surface area contributed by atoms with Crippen molar-refractivity contribution in [3.8, 4) is 0 Å². The van der Waals surface area contributed by atoms with Crippen molar-refractivity contribution in [2.75, 3.05) is 19.6 Å². The van der Waals surface area contributed by atoms with E-state index < -0.39 is 0 Å². The van der Waals surface area contributed by atoms with Crippen LogP contribution in [0.4, 0.5) is 0 Å². The van der Waals surface area contributed by atoms with Gasteiger partial charge in [-0.1, -0.05) is 13.8 Å². The molecule has 84 valence electrons. The summed E-state index contributed by atoms with van der Waals surface area (Å²) in [7, 11) is 0. The average molecular weight is 208 g/mol. The lowest BCUT2D eigenvalue weighted by molar-refractivity contribution is 0.209. The fraction of sp³-hybridized carbons (Fsp3) is 0.636. The maximum absolute atomic E-state index is 5.81. The highest BCUT2D eigenvalue weighted by molar-refractivity contribution is 5.05. The molecule has 0 aliphatic carbocycles. The van der Waals surface area contributed by atoms with E-state index in [1.807, 2.05) is 6.07 Å². The van der Waals surface area contributed by atoms with Gasteiger partial charge in [0, 0.05) is 12.7 Å². The second kappa shape index (κ2) is 6.48. The summed E-state index contributed by atoms with van der Waals surface area (Å²) >= 11 is 0. The van der Waals surface area contributed by atoms with Crippen LogP contribution in [0.1, 0.15) is 32.0 Å². The van der Waals surface area contributed by atoms with Gasteiger partial charge in [-0.3, -0.25) is 4.90 Å². The summed E-state index contributed by atoms with van der Waals surface area (Å²) in [5, 5.41) is 0. The molecular formula is C11H20N4. The molecule has 1 unspecified atom stereocenters. The SMILES string of the molecule is CCCN(CC)C(CN)c1ccncn1. The zero-order valence-electron chi connectivity index (χ0n) is 9.56. The van der Waals surface area contributed by atoms with E-state index in [2.05, 4.69) is 28.7 Å². The maximum atomic E-state index is 5.81. The van der Waals surface area contributed by atoms with E-state index >= 15 is 0 Å². The van der Waals surface area contributed by atoms with Gasteiger partial charge in [0.1, 0.15) is 6.33 Å². The van der Waals surface area contributed by atoms with Crippen molar-refractivity contribution < 1.29 is 0 Å². The van der Waals surface area contributed by atoms with Crippen molar-refractivity contribution in [2.45, 2.75) is 26.3 Å². The molecule has 0 spiro atoms. The minimum atomic E-state index is 0.220. The molecule has 0 aliphatic heterocycles. The second-order valence-electron chi connectivity index (χ2n) is 3.51. The van der Waals surface area contributed by atoms with Crippen molar-refractivity contribution in [2.24, 2.45) is 5.73 Å². The molecule has 0 bridgehead atoms. The van der Waals surface area contributed by atoms with Gasteiger partial charge < -0.3 is 5.73 Å². The third-order valence-electron chi connectivity index (χ3n) is 2.53. The van der Waals surface area contributed by atoms with Gasteiger partial charge in [-0.05, 0) is 25.6 Å². The van der Waals surface area contributed by atoms with Crippen LogP contribution in [-0.2, 0) is 0 Å². The van der Waals surface area contributed by atoms with Crippen LogP contribution in [0.25, 0.3) is 0 Å². The summed E-state index contributed by atoms with van der Waals surface area (Å²) in [6.45, 7) is 6.99. The molecule has 0 saturated heterocycles. The van der Waals surface area contributed by atoms with Crippen molar-refractivity contribution in [1.82, 2.24) is 14.9 Å². The molecule has 0 aliphatic rings. The first-order valence-electron chi connectivity index (χ1n) is 5.53. The van der Waals surface area contributed by atoms with Gasteiger partial charge in [0.05, 0.1) is 11.7 Å². The fourth-order valence-corrected chi connectivity index (χ4v) is 1.78. The van der Waals surface area contributed by atoms with Crippen LogP contribution in [0.3, 0.4) is 0 Å². The number of nitrogens with two attached hydrogens (primary N) is 1. The van der Waals surface area contributed by atoms with Crippen LogP contribution >= 0.6 is 0 Å². The van der Waals surface area contributed by atoms with E-state index in [-0.39, 0.29) is 6.04 Å². The molecule has 0 amide bonds. The number of hydrogen-bond acceptors (Lipinski definition) is 4. The van der Waals surface area contributed by atoms with Gasteiger partial charge >= 0.3 is 0 Å². The molecule has 1 atom stereocenters. The Labute approximate surface area is 91.5 Å². The molecule has 15 heavy (non-hydrogen) atoms. The molecule has 4 heteroatoms. The van der Waals surface area contributed by atoms with Crippen LogP contribution in [0.2, 0.25) is 0 Å². The molecule has 4 nitrogen and oxygen atoms in total. The Balaban J connectivity index is 2.77. The predicted molar refractivity (Wildman–Crippen MR) is 61.4 cm³/mol. The molecule has 2 N–H and O–H groups in total. The molecular weight excluding hydrogens is 188 g/mol. The highest BCUT2D eigenvalue weighted by atomic mass is 15.2. The summed E-state index contributed by atoms with van der Waals surface area (Å²) in [5.41, 5.74) is 6.83. The number of rotatable bonds is 6. The normalized spacial score (nSPS) is 13.1. The first-order valence-corrected chi connectivity index (χ1v) is 5.53. The Kier molecular flexibility index (Phi) is 5.21. The Morgan fingerprint density at radius 3 is 2.73 bits per heavy atom. The van der Waals surface area contributed by atoms with Gasteiger partial charge in [-0.15, -0.1) is 0 Å². The van der Waals surface area contributed by atoms with Gasteiger partial charge in [-0.25, -0.2) is 9.97 Å². The predicted octanol–water partition coefficient (Wildman–Crippen LogP) is 1.21. The fourth-order valence-electron chi connectivity index (χ4n) is 1.78. The van der Waals surface area contributed by atoms with E-state index in [0.29, 0.717) is 6.54 Å². The largest absolute Gasteiger partial charge is 0.329 e. The van der Waals surface area contributed by atoms with Crippen LogP contribution < -0.4 is 5.73 Å². The number of nitrogens with zero attached hydrogens (tertiary/aromatic N) is 3. The third kappa shape index (κ3) is 3.25. The molecule has 1 rings (SSSR count). The van der Waals surface area contributed by atoms with Crippen LogP contribution in [-0.4, -0.2) is 34.5 Å². The number of likely N-dealkylation sites (N-methyl/N-ethyl adjacent to an activating group) is 1. The molecule has 0 saturated carbocycles. The third-order valence-corrected chi connectivity index (χ3v) is 2.53. The van der Waals surface area contributed by atoms with Gasteiger partial charge in [0.25, 0.3) is 0 Å². The Bertz CT molecular complexity index is 263. The van der Waals surface area contributed by atoms with E-state index in [4.69, 9.17) is 5.73 Å². The van der Waals surface area contributed by atoms with E-state index in [1.165, 1.54) is 0 Å². The van der Waals surface area contributed by atoms with Crippen molar-refractivity contribution in [1.29, 1.82) is 0 Å². The summed E-state index contributed by atoms with van der Waals surface area (Å²) in [6, 6.07) is 2.16. The molecule has 1 aromatic heterocycles. The molecule has 1 heterocycles. The molecule has 1 aromatic rings. The van der Waals surface area contributed by atoms with E-state index in [0.717, 1.165) is 25.2 Å². The van der Waals surface area contributed by atoms with Gasteiger partial charge in [-0.2, -0.15) is 0 Å². The zero-order chi connectivity index (χ0) is 11.1. The molecule has 0 radical (unpaired) electrons. The van der Waals surface area contributed by atoms with Crippen LogP contribution in [0.15, 0.2) is 18.6 Å². The van der Waals surface area contributed by atoms with Crippen molar-refractivity contribution >= 4 is 0 Å². The minimum Gasteiger partial charge on any atom is -0.329 e. The van der Waals surface area contributed by atoms with E-state index in [9.17, 15) is 0 Å². The Hall–Kier alpha value is -1.00. The Morgan fingerprint density at radius 2 is 2.27 bits per heavy atom. The Morgan fingerprint density at radius 1 is 1.47 bits per heavy atom. The number of aromatic nitrogens is 2. The minimum absolute atomic E-state index is 0.220. The summed E-state index contributed by atoms with van der Waals surface area (Å²) < 4.78 is 0. The highest BCUT2D eigenvalue weighted by Crippen LogP contribution is 2.16. The smallest absolute Gasteiger partial charge is 0.115 e. The number of hydrogen-bond donors (Lipinski definition) is 1. The van der Waals surface area contributed by atoms with E-state index in [1.54, 1.807) is 12.5 Å². The monoisotopic (exact) mass is 208 g/mol. The summed E-state index contributed by atoms with van der Waals surface area (Å²) in [4.78, 5) is 10.5. The summed E-state index contributed by atoms with van der Waals surface area (Å²) in [5.74, 6) is 0. The van der Waals surface area contributed by atoms with Crippen molar-refractivity contribution in [3.05, 3.63) is 24.3 Å². The van der Waals surface area contributed by atoms with Gasteiger partial charge in [0.15, 0.2) is 0 Å². The quantitative estimate of drug-likeness (QED) is 0.763. The highest BCUT2D eigenvalue weighted by Gasteiger charge is 2.17. The lowest BCUT2D eigenvalue weighted by atomic mass is 10.1. The van der Waals surface area contributed by atoms with Crippen LogP contribution in [0.5, 0.6) is 0 Å². The second-order valence-corrected chi connectivity index (χ2v) is 3.51. The van der Waals surface area contributed by atoms with Crippen molar-refractivity contribution in [3.63, 3.8) is 0 Å². The standard InChI is InChI=1S/C11H20N4/c1-3-7-15(4-2)11(8-12)10-5-6-13-9-14-10/h5-6,9,11H,3-4,7-8,12H2,1-2H3. The molecule has 0 fully saturated rings. The summed E-state index contributed by atoms with van der Waals surface area (Å²) in [6.07, 6.45) is 4.48.